The number of hydrogen-bond acceptors (Lipinski definition) is 4. The predicted octanol–water partition coefficient (Wildman–Crippen LogP) is 4.68. The van der Waals surface area contributed by atoms with Gasteiger partial charge in [0.25, 0.3) is 0 Å². The molecule has 0 aliphatic rings. The first-order chi connectivity index (χ1) is 10.0. The molecule has 6 heteroatoms. The van der Waals surface area contributed by atoms with Crippen molar-refractivity contribution in [1.82, 2.24) is 4.98 Å². The summed E-state index contributed by atoms with van der Waals surface area (Å²) in [6.07, 6.45) is 0. The Hall–Kier alpha value is -2.05. The van der Waals surface area contributed by atoms with Crippen molar-refractivity contribution in [1.29, 1.82) is 0 Å². The number of carboxylic acid groups (broad SMARTS) is 1. The van der Waals surface area contributed by atoms with Crippen LogP contribution in [0.4, 0.5) is 4.39 Å². The Morgan fingerprint density at radius 2 is 2.00 bits per heavy atom. The molecule has 0 spiro atoms. The first-order valence-corrected chi connectivity index (χ1v) is 7.80. The lowest BCUT2D eigenvalue weighted by Gasteiger charge is -2.00. The van der Waals surface area contributed by atoms with E-state index in [0.29, 0.717) is 11.3 Å². The summed E-state index contributed by atoms with van der Waals surface area (Å²) in [5.41, 5.74) is 2.41. The van der Waals surface area contributed by atoms with Gasteiger partial charge in [-0.2, -0.15) is 0 Å². The summed E-state index contributed by atoms with van der Waals surface area (Å²) in [5.74, 6) is -1.39. The second kappa shape index (κ2) is 5.38. The maximum absolute atomic E-state index is 13.1. The molecule has 0 atom stereocenters. The highest BCUT2D eigenvalue weighted by Crippen LogP contribution is 2.39. The molecule has 0 radical (unpaired) electrons. The average molecular weight is 319 g/mol. The quantitative estimate of drug-likeness (QED) is 0.762. The standard InChI is InChI=1S/C15H10FNO2S2/c1-8-6-11(20-7-8)13-12(17-14(21-13)15(18)19)9-2-4-10(16)5-3-9/h2-7H,1H3,(H,18,19). The molecule has 106 valence electrons. The van der Waals surface area contributed by atoms with Gasteiger partial charge in [-0.05, 0) is 48.2 Å². The number of hydrogen-bond donors (Lipinski definition) is 1. The highest BCUT2D eigenvalue weighted by atomic mass is 32.1. The molecule has 0 unspecified atom stereocenters. The van der Waals surface area contributed by atoms with Crippen molar-refractivity contribution in [2.24, 2.45) is 0 Å². The maximum atomic E-state index is 13.1. The highest BCUT2D eigenvalue weighted by molar-refractivity contribution is 7.22. The van der Waals surface area contributed by atoms with Gasteiger partial charge < -0.3 is 5.11 Å². The van der Waals surface area contributed by atoms with E-state index in [1.54, 1.807) is 23.5 Å². The van der Waals surface area contributed by atoms with E-state index in [1.807, 2.05) is 18.4 Å². The molecule has 0 saturated heterocycles. The van der Waals surface area contributed by atoms with E-state index in [1.165, 1.54) is 12.1 Å². The molecule has 21 heavy (non-hydrogen) atoms. The monoisotopic (exact) mass is 319 g/mol. The van der Waals surface area contributed by atoms with Crippen LogP contribution in [0.25, 0.3) is 21.0 Å². The van der Waals surface area contributed by atoms with E-state index in [-0.39, 0.29) is 10.8 Å². The number of aromatic nitrogens is 1. The first kappa shape index (κ1) is 13.9. The van der Waals surface area contributed by atoms with Crippen LogP contribution < -0.4 is 0 Å². The lowest BCUT2D eigenvalue weighted by molar-refractivity contribution is 0.0696. The van der Waals surface area contributed by atoms with Gasteiger partial charge >= 0.3 is 5.97 Å². The molecular formula is C15H10FNO2S2. The van der Waals surface area contributed by atoms with Crippen molar-refractivity contribution in [2.75, 3.05) is 0 Å². The third kappa shape index (κ3) is 2.72. The number of thiophene rings is 1. The first-order valence-electron chi connectivity index (χ1n) is 6.10. The van der Waals surface area contributed by atoms with Gasteiger partial charge in [0.1, 0.15) is 5.82 Å². The number of carbonyl (C=O) groups is 1. The molecule has 3 nitrogen and oxygen atoms in total. The van der Waals surface area contributed by atoms with Crippen molar-refractivity contribution in [2.45, 2.75) is 6.92 Å². The molecule has 3 rings (SSSR count). The number of benzene rings is 1. The van der Waals surface area contributed by atoms with E-state index in [4.69, 9.17) is 5.11 Å². The van der Waals surface area contributed by atoms with Crippen molar-refractivity contribution < 1.29 is 14.3 Å². The van der Waals surface area contributed by atoms with Crippen molar-refractivity contribution in [3.05, 3.63) is 52.1 Å². The van der Waals surface area contributed by atoms with Gasteiger partial charge in [-0.1, -0.05) is 0 Å². The molecule has 2 heterocycles. The fourth-order valence-corrected chi connectivity index (χ4v) is 3.88. The largest absolute Gasteiger partial charge is 0.476 e. The van der Waals surface area contributed by atoms with E-state index >= 15 is 0 Å². The molecular weight excluding hydrogens is 309 g/mol. The summed E-state index contributed by atoms with van der Waals surface area (Å²) in [6, 6.07) is 7.91. The number of halogens is 1. The number of aryl methyl sites for hydroxylation is 1. The summed E-state index contributed by atoms with van der Waals surface area (Å²) in [6.45, 7) is 1.98. The minimum absolute atomic E-state index is 0.0374. The third-order valence-electron chi connectivity index (χ3n) is 2.88. The zero-order chi connectivity index (χ0) is 15.0. The van der Waals surface area contributed by atoms with E-state index in [0.717, 1.165) is 26.7 Å². The Balaban J connectivity index is 2.18. The molecule has 2 aromatic heterocycles. The summed E-state index contributed by atoms with van der Waals surface area (Å²) in [4.78, 5) is 17.2. The molecule has 0 saturated carbocycles. The predicted molar refractivity (Wildman–Crippen MR) is 82.5 cm³/mol. The zero-order valence-corrected chi connectivity index (χ0v) is 12.6. The van der Waals surface area contributed by atoms with E-state index < -0.39 is 5.97 Å². The Kier molecular flexibility index (Phi) is 3.57. The van der Waals surface area contributed by atoms with Crippen LogP contribution in [-0.2, 0) is 0 Å². The Labute approximate surface area is 128 Å². The Morgan fingerprint density at radius 1 is 1.29 bits per heavy atom. The maximum Gasteiger partial charge on any atom is 0.365 e. The van der Waals surface area contributed by atoms with Crippen LogP contribution in [0.1, 0.15) is 15.4 Å². The molecule has 0 aliphatic heterocycles. The van der Waals surface area contributed by atoms with Gasteiger partial charge in [0, 0.05) is 10.4 Å². The van der Waals surface area contributed by atoms with E-state index in [2.05, 4.69) is 4.98 Å². The SMILES string of the molecule is Cc1csc(-c2sc(C(=O)O)nc2-c2ccc(F)cc2)c1. The summed E-state index contributed by atoms with van der Waals surface area (Å²) in [7, 11) is 0. The van der Waals surface area contributed by atoms with Crippen molar-refractivity contribution in [3.63, 3.8) is 0 Å². The topological polar surface area (TPSA) is 50.2 Å². The van der Waals surface area contributed by atoms with Crippen LogP contribution in [0, 0.1) is 12.7 Å². The fraction of sp³-hybridized carbons (Fsp3) is 0.0667. The average Bonchev–Trinajstić information content (AvgIpc) is 3.05. The lowest BCUT2D eigenvalue weighted by Crippen LogP contribution is -1.94. The summed E-state index contributed by atoms with van der Waals surface area (Å²) >= 11 is 2.68. The van der Waals surface area contributed by atoms with E-state index in [9.17, 15) is 9.18 Å². The van der Waals surface area contributed by atoms with Crippen LogP contribution in [-0.4, -0.2) is 16.1 Å². The lowest BCUT2D eigenvalue weighted by atomic mass is 10.1. The minimum Gasteiger partial charge on any atom is -0.476 e. The molecule has 1 N–H and O–H groups in total. The minimum atomic E-state index is -1.05. The second-order valence-electron chi connectivity index (χ2n) is 4.50. The van der Waals surface area contributed by atoms with Gasteiger partial charge in [0.15, 0.2) is 0 Å². The van der Waals surface area contributed by atoms with Gasteiger partial charge in [-0.15, -0.1) is 22.7 Å². The van der Waals surface area contributed by atoms with Gasteiger partial charge in [-0.25, -0.2) is 14.2 Å². The third-order valence-corrected chi connectivity index (χ3v) is 5.15. The number of nitrogens with zero attached hydrogens (tertiary/aromatic N) is 1. The smallest absolute Gasteiger partial charge is 0.365 e. The molecule has 0 bridgehead atoms. The normalized spacial score (nSPS) is 10.8. The Bertz CT molecular complexity index is 805. The fourth-order valence-electron chi connectivity index (χ4n) is 1.93. The number of rotatable bonds is 3. The van der Waals surface area contributed by atoms with Gasteiger partial charge in [0.2, 0.25) is 5.01 Å². The highest BCUT2D eigenvalue weighted by Gasteiger charge is 2.19. The number of thiazole rings is 1. The van der Waals surface area contributed by atoms with Crippen LogP contribution in [0.2, 0.25) is 0 Å². The van der Waals surface area contributed by atoms with Gasteiger partial charge in [0.05, 0.1) is 10.6 Å². The summed E-state index contributed by atoms with van der Waals surface area (Å²) in [5, 5.41) is 11.2. The van der Waals surface area contributed by atoms with Crippen LogP contribution in [0.3, 0.4) is 0 Å². The molecule has 0 fully saturated rings. The molecule has 3 aromatic rings. The number of aromatic carboxylic acids is 1. The van der Waals surface area contributed by atoms with Crippen LogP contribution in [0.15, 0.2) is 35.7 Å². The number of carboxylic acids is 1. The molecule has 1 aromatic carbocycles. The zero-order valence-electron chi connectivity index (χ0n) is 11.0. The second-order valence-corrected chi connectivity index (χ2v) is 6.41. The Morgan fingerprint density at radius 3 is 2.57 bits per heavy atom. The van der Waals surface area contributed by atoms with Crippen molar-refractivity contribution >= 4 is 28.6 Å². The van der Waals surface area contributed by atoms with Gasteiger partial charge in [-0.3, -0.25) is 0 Å². The molecule has 0 amide bonds. The van der Waals surface area contributed by atoms with Crippen LogP contribution in [0.5, 0.6) is 0 Å². The molecule has 0 aliphatic carbocycles. The summed E-state index contributed by atoms with van der Waals surface area (Å²) < 4.78 is 13.1. The van der Waals surface area contributed by atoms with Crippen molar-refractivity contribution in [3.8, 4) is 21.0 Å². The van der Waals surface area contributed by atoms with Crippen LogP contribution >= 0.6 is 22.7 Å².